The summed E-state index contributed by atoms with van der Waals surface area (Å²) in [6.45, 7) is 0.544. The number of amides is 2. The highest BCUT2D eigenvalue weighted by molar-refractivity contribution is 5.80. The number of nitrogens with one attached hydrogen (secondary N) is 1. The molecule has 2 amide bonds. The van der Waals surface area contributed by atoms with Crippen LogP contribution in [0.1, 0.15) is 25.7 Å². The molecule has 0 aliphatic heterocycles. The first-order valence-electron chi connectivity index (χ1n) is 4.15. The predicted octanol–water partition coefficient (Wildman–Crippen LogP) is -3.41. The van der Waals surface area contributed by atoms with Crippen molar-refractivity contribution in [2.24, 2.45) is 0 Å². The van der Waals surface area contributed by atoms with E-state index in [0.717, 1.165) is 6.42 Å². The molecular weight excluding hydrogens is 206 g/mol. The van der Waals surface area contributed by atoms with E-state index in [2.05, 4.69) is 11.1 Å². The molecule has 0 fully saturated rings. The van der Waals surface area contributed by atoms with Gasteiger partial charge in [-0.05, 0) is 12.8 Å². The Morgan fingerprint density at radius 1 is 1.36 bits per heavy atom. The van der Waals surface area contributed by atoms with Crippen molar-refractivity contribution in [2.75, 3.05) is 6.54 Å². The molecule has 0 saturated carbocycles. The fourth-order valence-corrected chi connectivity index (χ4v) is 0.852. The molecule has 0 radical (unpaired) electrons. The predicted molar refractivity (Wildman–Crippen MR) is 45.4 cm³/mol. The quantitative estimate of drug-likeness (QED) is 0.456. The molecule has 0 atom stereocenters. The summed E-state index contributed by atoms with van der Waals surface area (Å²) in [7, 11) is 0. The average molecular weight is 220 g/mol. The Hall–Kier alpha value is -1.12. The van der Waals surface area contributed by atoms with Gasteiger partial charge in [0.1, 0.15) is 5.78 Å². The van der Waals surface area contributed by atoms with Crippen LogP contribution in [-0.4, -0.2) is 18.4 Å². The Morgan fingerprint density at radius 3 is 2.50 bits per heavy atom. The molecule has 0 heterocycles. The van der Waals surface area contributed by atoms with E-state index in [0.29, 0.717) is 19.4 Å². The van der Waals surface area contributed by atoms with E-state index in [9.17, 15) is 9.59 Å². The molecule has 0 rings (SSSR count). The molecule has 0 aromatic carbocycles. The molecule has 0 bridgehead atoms. The summed E-state index contributed by atoms with van der Waals surface area (Å²) >= 11 is 0. The van der Waals surface area contributed by atoms with Crippen LogP contribution in [-0.2, 0) is 4.79 Å². The lowest BCUT2D eigenvalue weighted by Gasteiger charge is -1.98. The number of hydrogen-bond acceptors (Lipinski definition) is 3. The third-order valence-electron chi connectivity index (χ3n) is 1.48. The van der Waals surface area contributed by atoms with Gasteiger partial charge in [0.2, 0.25) is 0 Å². The first kappa shape index (κ1) is 15.4. The van der Waals surface area contributed by atoms with Crippen molar-refractivity contribution in [3.05, 3.63) is 0 Å². The van der Waals surface area contributed by atoms with Crippen molar-refractivity contribution >= 4 is 11.8 Å². The molecule has 4 N–H and O–H groups in total. The third-order valence-corrected chi connectivity index (χ3v) is 1.48. The molecule has 0 aromatic rings. The van der Waals surface area contributed by atoms with Crippen LogP contribution in [0.3, 0.4) is 0 Å². The largest absolute Gasteiger partial charge is 1.00 e. The van der Waals surface area contributed by atoms with Gasteiger partial charge in [-0.15, -0.1) is 0 Å². The first-order chi connectivity index (χ1) is 6.16. The van der Waals surface area contributed by atoms with Crippen molar-refractivity contribution < 1.29 is 27.7 Å². The molecular formula is C8H14ClN3O2. The molecule has 0 saturated heterocycles. The lowest BCUT2D eigenvalue weighted by Crippen LogP contribution is -3.00. The number of carbonyl (C=O) groups excluding carboxylic acids is 2. The minimum absolute atomic E-state index is 0. The zero-order valence-electron chi connectivity index (χ0n) is 7.88. The van der Waals surface area contributed by atoms with Gasteiger partial charge in [0.15, 0.2) is 0 Å². The van der Waals surface area contributed by atoms with Gasteiger partial charge in [0.05, 0.1) is 12.5 Å². The number of Topliss-reactive ketones (excluding diaryl/α,β-unsaturated/α-hetero) is 1. The summed E-state index contributed by atoms with van der Waals surface area (Å²) in [4.78, 5) is 21.1. The van der Waals surface area contributed by atoms with Crippen LogP contribution >= 0.6 is 0 Å². The van der Waals surface area contributed by atoms with Gasteiger partial charge >= 0.3 is 6.03 Å². The van der Waals surface area contributed by atoms with Crippen LogP contribution in [0.5, 0.6) is 0 Å². The number of quaternary nitrogens is 1. The standard InChI is InChI=1S/C8H13N3O2.ClH/c9-5-4-7(12)3-1-2-6-11-8(10)13;/h1-4,6H2,(H3,10,11,13);1H. The topological polar surface area (TPSA) is 97.6 Å². The number of urea groups is 1. The maximum atomic E-state index is 10.8. The molecule has 0 spiro atoms. The van der Waals surface area contributed by atoms with Crippen LogP contribution in [0, 0.1) is 11.3 Å². The summed E-state index contributed by atoms with van der Waals surface area (Å²) in [6.07, 6.45) is 1.86. The fraction of sp³-hybridized carbons (Fsp3) is 0.625. The van der Waals surface area contributed by atoms with Crippen LogP contribution in [0.25, 0.3) is 0 Å². The monoisotopic (exact) mass is 219 g/mol. The molecule has 0 aromatic heterocycles. The highest BCUT2D eigenvalue weighted by atomic mass is 35.5. The molecule has 0 unspecified atom stereocenters. The first-order valence-corrected chi connectivity index (χ1v) is 4.15. The Labute approximate surface area is 89.1 Å². The van der Waals surface area contributed by atoms with Crippen molar-refractivity contribution in [3.63, 3.8) is 0 Å². The Kier molecular flexibility index (Phi) is 10.9. The van der Waals surface area contributed by atoms with Crippen LogP contribution in [0.2, 0.25) is 0 Å². The third kappa shape index (κ3) is 10.9. The van der Waals surface area contributed by atoms with E-state index in [4.69, 9.17) is 5.26 Å². The van der Waals surface area contributed by atoms with Crippen molar-refractivity contribution in [1.29, 1.82) is 5.26 Å². The lowest BCUT2D eigenvalue weighted by molar-refractivity contribution is -0.250. The van der Waals surface area contributed by atoms with Crippen LogP contribution in [0.15, 0.2) is 0 Å². The fourth-order valence-electron chi connectivity index (χ4n) is 0.852. The van der Waals surface area contributed by atoms with E-state index < -0.39 is 0 Å². The maximum absolute atomic E-state index is 10.8. The Morgan fingerprint density at radius 2 is 2.00 bits per heavy atom. The van der Waals surface area contributed by atoms with E-state index in [1.54, 1.807) is 6.07 Å². The van der Waals surface area contributed by atoms with Crippen molar-refractivity contribution in [1.82, 2.24) is 5.32 Å². The van der Waals surface area contributed by atoms with E-state index >= 15 is 0 Å². The smallest absolute Gasteiger partial charge is 0.411 e. The molecule has 5 nitrogen and oxygen atoms in total. The number of halogens is 1. The molecule has 14 heavy (non-hydrogen) atoms. The average Bonchev–Trinajstić information content (AvgIpc) is 2.03. The number of nitrogens with zero attached hydrogens (tertiary/aromatic N) is 1. The van der Waals surface area contributed by atoms with Gasteiger partial charge in [-0.25, -0.2) is 4.79 Å². The second kappa shape index (κ2) is 9.96. The number of unbranched alkanes of at least 4 members (excludes halogenated alkanes) is 1. The number of hydrogen-bond donors (Lipinski definition) is 2. The van der Waals surface area contributed by atoms with E-state index in [1.165, 1.54) is 0 Å². The van der Waals surface area contributed by atoms with E-state index in [1.807, 2.05) is 0 Å². The lowest BCUT2D eigenvalue weighted by atomic mass is 10.1. The van der Waals surface area contributed by atoms with Gasteiger partial charge in [-0.2, -0.15) is 5.26 Å². The normalized spacial score (nSPS) is 8.29. The Balaban J connectivity index is 0. The second-order valence-electron chi connectivity index (χ2n) is 2.68. The van der Waals surface area contributed by atoms with Crippen LogP contribution in [0.4, 0.5) is 4.79 Å². The SMILES string of the molecule is N#CCC(=O)CCCCNC([NH3+])=O.[Cl-]. The molecule has 6 heteroatoms. The van der Waals surface area contributed by atoms with E-state index in [-0.39, 0.29) is 30.6 Å². The van der Waals surface area contributed by atoms with Crippen molar-refractivity contribution in [2.45, 2.75) is 25.7 Å². The van der Waals surface area contributed by atoms with Gasteiger partial charge in [0, 0.05) is 13.0 Å². The zero-order valence-corrected chi connectivity index (χ0v) is 8.64. The number of rotatable bonds is 6. The van der Waals surface area contributed by atoms with Gasteiger partial charge in [-0.3, -0.25) is 10.5 Å². The molecule has 80 valence electrons. The summed E-state index contributed by atoms with van der Waals surface area (Å²) in [5, 5.41) is 10.7. The summed E-state index contributed by atoms with van der Waals surface area (Å²) < 4.78 is 0. The van der Waals surface area contributed by atoms with Gasteiger partial charge in [-0.1, -0.05) is 0 Å². The number of ketones is 1. The van der Waals surface area contributed by atoms with Crippen LogP contribution < -0.4 is 23.5 Å². The summed E-state index contributed by atoms with van der Waals surface area (Å²) in [5.41, 5.74) is 3.14. The number of carbonyl (C=O) groups is 2. The van der Waals surface area contributed by atoms with Gasteiger partial charge < -0.3 is 17.7 Å². The maximum Gasteiger partial charge on any atom is 0.411 e. The summed E-state index contributed by atoms with van der Waals surface area (Å²) in [6, 6.07) is 1.49. The zero-order chi connectivity index (χ0) is 10.1. The minimum atomic E-state index is -0.302. The number of nitriles is 1. The van der Waals surface area contributed by atoms with Gasteiger partial charge in [0.25, 0.3) is 0 Å². The Bertz CT molecular complexity index is 225. The van der Waals surface area contributed by atoms with Crippen molar-refractivity contribution in [3.8, 4) is 6.07 Å². The molecule has 0 aliphatic rings. The second-order valence-corrected chi connectivity index (χ2v) is 2.68. The molecule has 0 aliphatic carbocycles. The summed E-state index contributed by atoms with van der Waals surface area (Å²) in [5.74, 6) is -0.0385. The highest BCUT2D eigenvalue weighted by Gasteiger charge is 2.00. The minimum Gasteiger partial charge on any atom is -1.00 e. The highest BCUT2D eigenvalue weighted by Crippen LogP contribution is 1.97.